The Labute approximate surface area is 132 Å². The summed E-state index contributed by atoms with van der Waals surface area (Å²) >= 11 is 0. The van der Waals surface area contributed by atoms with Crippen LogP contribution in [0.1, 0.15) is 26.4 Å². The molecule has 0 radical (unpaired) electrons. The molecule has 120 valence electrons. The lowest BCUT2D eigenvalue weighted by molar-refractivity contribution is 0.0690. The van der Waals surface area contributed by atoms with Crippen molar-refractivity contribution in [1.29, 1.82) is 0 Å². The van der Waals surface area contributed by atoms with Crippen molar-refractivity contribution in [1.82, 2.24) is 15.1 Å². The molecule has 1 aromatic heterocycles. The number of fused-ring (bicyclic) bond motifs is 1. The Kier molecular flexibility index (Phi) is 4.01. The van der Waals surface area contributed by atoms with Gasteiger partial charge in [-0.2, -0.15) is 5.10 Å². The predicted octanol–water partition coefficient (Wildman–Crippen LogP) is 1.10. The van der Waals surface area contributed by atoms with E-state index in [4.69, 9.17) is 9.84 Å². The van der Waals surface area contributed by atoms with Crippen molar-refractivity contribution in [3.8, 4) is 5.75 Å². The van der Waals surface area contributed by atoms with Gasteiger partial charge in [0.05, 0.1) is 12.8 Å². The lowest BCUT2D eigenvalue weighted by Crippen LogP contribution is -2.36. The molecule has 0 aliphatic carbocycles. The van der Waals surface area contributed by atoms with E-state index in [1.807, 2.05) is 24.3 Å². The molecule has 1 aliphatic rings. The number of aromatic nitrogens is 2. The topological polar surface area (TPSA) is 93.5 Å². The first-order valence-corrected chi connectivity index (χ1v) is 7.30. The average Bonchev–Trinajstić information content (AvgIpc) is 2.94. The number of nitrogens with one attached hydrogen (secondary N) is 1. The maximum absolute atomic E-state index is 12.3. The number of carbonyl (C=O) groups is 2. The number of nitrogens with zero attached hydrogens (tertiary/aromatic N) is 2. The Balaban J connectivity index is 1.65. The molecule has 1 atom stereocenters. The standard InChI is InChI=1S/C16H17N3O4/c1-19-14(12(8-18-19)16(21)22)15(20)17-7-10-6-11-4-2-3-5-13(11)23-9-10/h2-5,8,10H,6-7,9H2,1H3,(H,17,20)(H,21,22). The normalized spacial score (nSPS) is 16.3. The van der Waals surface area contributed by atoms with E-state index >= 15 is 0 Å². The molecule has 0 fully saturated rings. The van der Waals surface area contributed by atoms with Gasteiger partial charge in [-0.15, -0.1) is 0 Å². The third kappa shape index (κ3) is 3.03. The van der Waals surface area contributed by atoms with Crippen LogP contribution in [0.4, 0.5) is 0 Å². The Morgan fingerprint density at radius 1 is 1.43 bits per heavy atom. The third-order valence-electron chi connectivity index (χ3n) is 3.89. The minimum Gasteiger partial charge on any atom is -0.493 e. The number of aryl methyl sites for hydroxylation is 1. The second kappa shape index (κ2) is 6.12. The zero-order valence-electron chi connectivity index (χ0n) is 12.7. The van der Waals surface area contributed by atoms with Crippen LogP contribution in [-0.4, -0.2) is 39.9 Å². The van der Waals surface area contributed by atoms with Crippen LogP contribution in [0, 0.1) is 5.92 Å². The van der Waals surface area contributed by atoms with E-state index < -0.39 is 11.9 Å². The van der Waals surface area contributed by atoms with E-state index in [2.05, 4.69) is 10.4 Å². The number of hydrogen-bond donors (Lipinski definition) is 2. The van der Waals surface area contributed by atoms with Gasteiger partial charge in [0, 0.05) is 19.5 Å². The first-order valence-electron chi connectivity index (χ1n) is 7.30. The number of carboxylic acids is 1. The highest BCUT2D eigenvalue weighted by molar-refractivity contribution is 6.03. The maximum atomic E-state index is 12.3. The highest BCUT2D eigenvalue weighted by atomic mass is 16.5. The minimum atomic E-state index is -1.17. The monoisotopic (exact) mass is 315 g/mol. The summed E-state index contributed by atoms with van der Waals surface area (Å²) in [7, 11) is 1.54. The van der Waals surface area contributed by atoms with Crippen LogP contribution >= 0.6 is 0 Å². The number of benzene rings is 1. The molecule has 1 aliphatic heterocycles. The lowest BCUT2D eigenvalue weighted by atomic mass is 9.97. The van der Waals surface area contributed by atoms with Crippen molar-refractivity contribution in [3.63, 3.8) is 0 Å². The van der Waals surface area contributed by atoms with Gasteiger partial charge in [-0.1, -0.05) is 18.2 Å². The van der Waals surface area contributed by atoms with Crippen molar-refractivity contribution < 1.29 is 19.4 Å². The van der Waals surface area contributed by atoms with Crippen LogP contribution in [0.3, 0.4) is 0 Å². The highest BCUT2D eigenvalue weighted by Crippen LogP contribution is 2.26. The van der Waals surface area contributed by atoms with Crippen molar-refractivity contribution in [2.75, 3.05) is 13.2 Å². The molecule has 2 N–H and O–H groups in total. The zero-order valence-corrected chi connectivity index (χ0v) is 12.7. The predicted molar refractivity (Wildman–Crippen MR) is 81.6 cm³/mol. The van der Waals surface area contributed by atoms with E-state index in [9.17, 15) is 9.59 Å². The molecule has 23 heavy (non-hydrogen) atoms. The van der Waals surface area contributed by atoms with Crippen LogP contribution in [0.2, 0.25) is 0 Å². The van der Waals surface area contributed by atoms with Crippen molar-refractivity contribution in [3.05, 3.63) is 47.3 Å². The summed E-state index contributed by atoms with van der Waals surface area (Å²) < 4.78 is 6.95. The fourth-order valence-corrected chi connectivity index (χ4v) is 2.71. The molecule has 0 bridgehead atoms. The van der Waals surface area contributed by atoms with Crippen LogP contribution in [-0.2, 0) is 13.5 Å². The van der Waals surface area contributed by atoms with E-state index in [1.165, 1.54) is 10.9 Å². The number of carboxylic acid groups (broad SMARTS) is 1. The van der Waals surface area contributed by atoms with Gasteiger partial charge in [0.15, 0.2) is 0 Å². The molecule has 0 saturated carbocycles. The maximum Gasteiger partial charge on any atom is 0.339 e. The van der Waals surface area contributed by atoms with Gasteiger partial charge >= 0.3 is 5.97 Å². The van der Waals surface area contributed by atoms with E-state index in [0.717, 1.165) is 17.7 Å². The first-order chi connectivity index (χ1) is 11.1. The quantitative estimate of drug-likeness (QED) is 0.881. The summed E-state index contributed by atoms with van der Waals surface area (Å²) in [4.78, 5) is 23.4. The van der Waals surface area contributed by atoms with E-state index in [0.29, 0.717) is 13.2 Å². The number of rotatable bonds is 4. The number of hydrogen-bond acceptors (Lipinski definition) is 4. The van der Waals surface area contributed by atoms with Crippen LogP contribution < -0.4 is 10.1 Å². The largest absolute Gasteiger partial charge is 0.493 e. The fourth-order valence-electron chi connectivity index (χ4n) is 2.71. The smallest absolute Gasteiger partial charge is 0.339 e. The van der Waals surface area contributed by atoms with Crippen LogP contribution in [0.15, 0.2) is 30.5 Å². The first kappa shape index (κ1) is 15.1. The van der Waals surface area contributed by atoms with Crippen molar-refractivity contribution in [2.45, 2.75) is 6.42 Å². The van der Waals surface area contributed by atoms with E-state index in [-0.39, 0.29) is 17.2 Å². The van der Waals surface area contributed by atoms with Gasteiger partial charge in [-0.3, -0.25) is 9.48 Å². The average molecular weight is 315 g/mol. The van der Waals surface area contributed by atoms with Gasteiger partial charge < -0.3 is 15.2 Å². The number of para-hydroxylation sites is 1. The second-order valence-corrected chi connectivity index (χ2v) is 5.53. The Hall–Kier alpha value is -2.83. The van der Waals surface area contributed by atoms with Crippen molar-refractivity contribution in [2.24, 2.45) is 13.0 Å². The number of amides is 1. The van der Waals surface area contributed by atoms with Gasteiger partial charge in [0.2, 0.25) is 0 Å². The molecular weight excluding hydrogens is 298 g/mol. The molecule has 1 amide bonds. The summed E-state index contributed by atoms with van der Waals surface area (Å²) in [5.41, 5.74) is 1.06. The Morgan fingerprint density at radius 3 is 3.00 bits per heavy atom. The van der Waals surface area contributed by atoms with Gasteiger partial charge in [-0.05, 0) is 18.1 Å². The molecule has 7 nitrogen and oxygen atoms in total. The Morgan fingerprint density at radius 2 is 2.22 bits per heavy atom. The molecule has 1 aromatic carbocycles. The molecule has 7 heteroatoms. The molecule has 2 aromatic rings. The second-order valence-electron chi connectivity index (χ2n) is 5.53. The molecule has 1 unspecified atom stereocenters. The van der Waals surface area contributed by atoms with Crippen molar-refractivity contribution >= 4 is 11.9 Å². The van der Waals surface area contributed by atoms with Crippen LogP contribution in [0.25, 0.3) is 0 Å². The lowest BCUT2D eigenvalue weighted by Gasteiger charge is -2.25. The summed E-state index contributed by atoms with van der Waals surface area (Å²) in [6, 6.07) is 7.82. The summed E-state index contributed by atoms with van der Waals surface area (Å²) in [5, 5.41) is 15.7. The fraction of sp³-hybridized carbons (Fsp3) is 0.312. The van der Waals surface area contributed by atoms with Gasteiger partial charge in [0.25, 0.3) is 5.91 Å². The third-order valence-corrected chi connectivity index (χ3v) is 3.89. The van der Waals surface area contributed by atoms with Gasteiger partial charge in [0.1, 0.15) is 17.0 Å². The zero-order chi connectivity index (χ0) is 16.4. The molecule has 0 spiro atoms. The molecule has 2 heterocycles. The van der Waals surface area contributed by atoms with Crippen LogP contribution in [0.5, 0.6) is 5.75 Å². The summed E-state index contributed by atoms with van der Waals surface area (Å²) in [6.07, 6.45) is 1.99. The number of ether oxygens (including phenoxy) is 1. The number of aromatic carboxylic acids is 1. The summed E-state index contributed by atoms with van der Waals surface area (Å²) in [5.74, 6) is -0.579. The SMILES string of the molecule is Cn1ncc(C(=O)O)c1C(=O)NCC1COc2ccccc2C1. The summed E-state index contributed by atoms with van der Waals surface area (Å²) in [6.45, 7) is 0.936. The number of carbonyl (C=O) groups excluding carboxylic acids is 1. The highest BCUT2D eigenvalue weighted by Gasteiger charge is 2.24. The molecule has 0 saturated heterocycles. The minimum absolute atomic E-state index is 0.0506. The molecule has 3 rings (SSSR count). The molecular formula is C16H17N3O4. The van der Waals surface area contributed by atoms with Gasteiger partial charge in [-0.25, -0.2) is 4.79 Å². The Bertz CT molecular complexity index is 754. The van der Waals surface area contributed by atoms with E-state index in [1.54, 1.807) is 7.05 Å².